The van der Waals surface area contributed by atoms with Gasteiger partial charge in [-0.2, -0.15) is 0 Å². The molecule has 1 aliphatic carbocycles. The highest BCUT2D eigenvalue weighted by molar-refractivity contribution is 6.31. The van der Waals surface area contributed by atoms with Crippen LogP contribution in [0.4, 0.5) is 0 Å². The molecule has 0 atom stereocenters. The van der Waals surface area contributed by atoms with E-state index in [2.05, 4.69) is 5.32 Å². The molecule has 1 N–H and O–H groups in total. The molecule has 2 nitrogen and oxygen atoms in total. The molecule has 0 spiro atoms. The summed E-state index contributed by atoms with van der Waals surface area (Å²) >= 11 is 12.0. The molecule has 1 fully saturated rings. The van der Waals surface area contributed by atoms with Crippen LogP contribution in [0.1, 0.15) is 18.4 Å². The lowest BCUT2D eigenvalue weighted by Gasteiger charge is -2.12. The molecule has 0 radical (unpaired) electrons. The molecular formula is C16H15Cl2NO. The molecule has 0 unspecified atom stereocenters. The van der Waals surface area contributed by atoms with Gasteiger partial charge in [-0.3, -0.25) is 0 Å². The van der Waals surface area contributed by atoms with E-state index in [1.807, 2.05) is 36.4 Å². The van der Waals surface area contributed by atoms with E-state index in [0.29, 0.717) is 11.1 Å². The van der Waals surface area contributed by atoms with Crippen LogP contribution in [0.25, 0.3) is 0 Å². The first-order valence-electron chi connectivity index (χ1n) is 6.66. The van der Waals surface area contributed by atoms with Crippen molar-refractivity contribution in [2.75, 3.05) is 0 Å². The summed E-state index contributed by atoms with van der Waals surface area (Å²) in [6.07, 6.45) is 2.51. The van der Waals surface area contributed by atoms with E-state index < -0.39 is 0 Å². The van der Waals surface area contributed by atoms with Gasteiger partial charge < -0.3 is 10.1 Å². The first-order valence-corrected chi connectivity index (χ1v) is 7.41. The first-order chi connectivity index (χ1) is 9.70. The Hall–Kier alpha value is -1.22. The molecule has 0 aliphatic heterocycles. The van der Waals surface area contributed by atoms with Gasteiger partial charge in [-0.05, 0) is 49.2 Å². The SMILES string of the molecule is Clc1cccc(Oc2ccc(Cl)cc2CNC2CC2)c1. The van der Waals surface area contributed by atoms with Crippen LogP contribution in [0, 0.1) is 0 Å². The van der Waals surface area contributed by atoms with Crippen molar-refractivity contribution in [1.29, 1.82) is 0 Å². The summed E-state index contributed by atoms with van der Waals surface area (Å²) in [5, 5.41) is 4.85. The molecule has 4 heteroatoms. The number of hydrogen-bond donors (Lipinski definition) is 1. The normalized spacial score (nSPS) is 14.3. The fourth-order valence-electron chi connectivity index (χ4n) is 1.98. The van der Waals surface area contributed by atoms with E-state index in [9.17, 15) is 0 Å². The molecule has 1 aliphatic rings. The zero-order valence-corrected chi connectivity index (χ0v) is 12.4. The summed E-state index contributed by atoms with van der Waals surface area (Å²) in [6, 6.07) is 13.7. The first kappa shape index (κ1) is 13.7. The van der Waals surface area contributed by atoms with Crippen molar-refractivity contribution in [3.8, 4) is 11.5 Å². The van der Waals surface area contributed by atoms with Crippen LogP contribution in [0.3, 0.4) is 0 Å². The van der Waals surface area contributed by atoms with Gasteiger partial charge in [0.1, 0.15) is 11.5 Å². The fourth-order valence-corrected chi connectivity index (χ4v) is 2.36. The van der Waals surface area contributed by atoms with Crippen molar-refractivity contribution >= 4 is 23.2 Å². The number of rotatable bonds is 5. The van der Waals surface area contributed by atoms with Gasteiger partial charge in [0.25, 0.3) is 0 Å². The van der Waals surface area contributed by atoms with Crippen LogP contribution in [0.15, 0.2) is 42.5 Å². The average molecular weight is 308 g/mol. The Labute approximate surface area is 128 Å². The lowest BCUT2D eigenvalue weighted by atomic mass is 10.2. The van der Waals surface area contributed by atoms with E-state index >= 15 is 0 Å². The van der Waals surface area contributed by atoms with Gasteiger partial charge in [-0.25, -0.2) is 0 Å². The second kappa shape index (κ2) is 6.04. The Morgan fingerprint density at radius 2 is 1.85 bits per heavy atom. The van der Waals surface area contributed by atoms with Gasteiger partial charge in [0.15, 0.2) is 0 Å². The lowest BCUT2D eigenvalue weighted by molar-refractivity contribution is 0.472. The molecule has 2 aromatic carbocycles. The Balaban J connectivity index is 1.79. The topological polar surface area (TPSA) is 21.3 Å². The zero-order valence-electron chi connectivity index (χ0n) is 10.9. The van der Waals surface area contributed by atoms with Gasteiger partial charge in [0.05, 0.1) is 0 Å². The molecule has 1 saturated carbocycles. The molecule has 3 rings (SSSR count). The van der Waals surface area contributed by atoms with Gasteiger partial charge >= 0.3 is 0 Å². The van der Waals surface area contributed by atoms with Gasteiger partial charge in [0.2, 0.25) is 0 Å². The summed E-state index contributed by atoms with van der Waals surface area (Å²) in [4.78, 5) is 0. The Morgan fingerprint density at radius 1 is 1.05 bits per heavy atom. The second-order valence-electron chi connectivity index (χ2n) is 4.97. The second-order valence-corrected chi connectivity index (χ2v) is 5.84. The summed E-state index contributed by atoms with van der Waals surface area (Å²) < 4.78 is 5.91. The molecule has 0 saturated heterocycles. The number of hydrogen-bond acceptors (Lipinski definition) is 2. The monoisotopic (exact) mass is 307 g/mol. The number of halogens is 2. The summed E-state index contributed by atoms with van der Waals surface area (Å²) in [7, 11) is 0. The lowest BCUT2D eigenvalue weighted by Crippen LogP contribution is -2.15. The van der Waals surface area contributed by atoms with Crippen LogP contribution in [-0.2, 0) is 6.54 Å². The predicted molar refractivity (Wildman–Crippen MR) is 82.8 cm³/mol. The van der Waals surface area contributed by atoms with Crippen molar-refractivity contribution < 1.29 is 4.74 Å². The highest BCUT2D eigenvalue weighted by Gasteiger charge is 2.20. The maximum atomic E-state index is 6.07. The summed E-state index contributed by atoms with van der Waals surface area (Å²) in [5.74, 6) is 1.54. The van der Waals surface area contributed by atoms with Crippen LogP contribution in [0.2, 0.25) is 10.0 Å². The number of ether oxygens (including phenoxy) is 1. The standard InChI is InChI=1S/C16H15Cl2NO/c17-12-2-1-3-15(9-12)20-16-7-4-13(18)8-11(16)10-19-14-5-6-14/h1-4,7-9,14,19H,5-6,10H2. The van der Waals surface area contributed by atoms with Crippen molar-refractivity contribution in [2.24, 2.45) is 0 Å². The maximum absolute atomic E-state index is 6.07. The Morgan fingerprint density at radius 3 is 2.60 bits per heavy atom. The maximum Gasteiger partial charge on any atom is 0.132 e. The number of nitrogens with one attached hydrogen (secondary N) is 1. The molecule has 0 heterocycles. The highest BCUT2D eigenvalue weighted by atomic mass is 35.5. The number of benzene rings is 2. The third kappa shape index (κ3) is 3.66. The van der Waals surface area contributed by atoms with E-state index in [0.717, 1.165) is 28.6 Å². The van der Waals surface area contributed by atoms with Gasteiger partial charge in [-0.1, -0.05) is 29.3 Å². The van der Waals surface area contributed by atoms with Crippen LogP contribution < -0.4 is 10.1 Å². The third-order valence-corrected chi connectivity index (χ3v) is 3.68. The van der Waals surface area contributed by atoms with Gasteiger partial charge in [-0.15, -0.1) is 0 Å². The van der Waals surface area contributed by atoms with Crippen molar-refractivity contribution in [2.45, 2.75) is 25.4 Å². The molecule has 0 bridgehead atoms. The minimum atomic E-state index is 0.646. The Bertz CT molecular complexity index is 611. The third-order valence-electron chi connectivity index (χ3n) is 3.20. The minimum absolute atomic E-state index is 0.646. The summed E-state index contributed by atoms with van der Waals surface area (Å²) in [6.45, 7) is 0.765. The molecule has 20 heavy (non-hydrogen) atoms. The molecular weight excluding hydrogens is 293 g/mol. The minimum Gasteiger partial charge on any atom is -0.457 e. The van der Waals surface area contributed by atoms with Crippen LogP contribution >= 0.6 is 23.2 Å². The van der Waals surface area contributed by atoms with Crippen LogP contribution in [-0.4, -0.2) is 6.04 Å². The smallest absolute Gasteiger partial charge is 0.132 e. The molecule has 0 amide bonds. The predicted octanol–water partition coefficient (Wildman–Crippen LogP) is 5.04. The highest BCUT2D eigenvalue weighted by Crippen LogP contribution is 2.30. The average Bonchev–Trinajstić information content (AvgIpc) is 3.23. The van der Waals surface area contributed by atoms with Gasteiger partial charge in [0, 0.05) is 28.2 Å². The van der Waals surface area contributed by atoms with E-state index in [4.69, 9.17) is 27.9 Å². The van der Waals surface area contributed by atoms with E-state index in [1.165, 1.54) is 12.8 Å². The molecule has 104 valence electrons. The van der Waals surface area contributed by atoms with E-state index in [1.54, 1.807) is 6.07 Å². The van der Waals surface area contributed by atoms with Crippen LogP contribution in [0.5, 0.6) is 11.5 Å². The summed E-state index contributed by atoms with van der Waals surface area (Å²) in [5.41, 5.74) is 1.06. The zero-order chi connectivity index (χ0) is 13.9. The molecule has 0 aromatic heterocycles. The Kier molecular flexibility index (Phi) is 4.16. The van der Waals surface area contributed by atoms with Crippen molar-refractivity contribution in [1.82, 2.24) is 5.32 Å². The van der Waals surface area contributed by atoms with Crippen molar-refractivity contribution in [3.63, 3.8) is 0 Å². The largest absolute Gasteiger partial charge is 0.457 e. The fraction of sp³-hybridized carbons (Fsp3) is 0.250. The van der Waals surface area contributed by atoms with Crippen molar-refractivity contribution in [3.05, 3.63) is 58.1 Å². The quantitative estimate of drug-likeness (QED) is 0.835. The molecule has 2 aromatic rings. The van der Waals surface area contributed by atoms with E-state index in [-0.39, 0.29) is 0 Å².